The maximum atomic E-state index is 5.68. The molecule has 1 saturated heterocycles. The average molecular weight is 350 g/mol. The molecule has 1 atom stereocenters. The molecule has 1 fully saturated rings. The van der Waals surface area contributed by atoms with Gasteiger partial charge in [0.1, 0.15) is 11.6 Å². The summed E-state index contributed by atoms with van der Waals surface area (Å²) in [5.41, 5.74) is 1.92. The zero-order valence-electron chi connectivity index (χ0n) is 14.5. The number of ether oxygens (including phenoxy) is 1. The molecule has 4 rings (SSSR count). The van der Waals surface area contributed by atoms with Crippen LogP contribution in [0, 0.1) is 0 Å². The third kappa shape index (κ3) is 4.21. The molecule has 0 radical (unpaired) electrons. The predicted octanol–water partition coefficient (Wildman–Crippen LogP) is 3.94. The van der Waals surface area contributed by atoms with Crippen LogP contribution in [0.25, 0.3) is 11.3 Å². The second-order valence-electron chi connectivity index (χ2n) is 6.28. The van der Waals surface area contributed by atoms with Crippen molar-refractivity contribution in [3.8, 4) is 11.3 Å². The molecule has 26 heavy (non-hydrogen) atoms. The van der Waals surface area contributed by atoms with Crippen molar-refractivity contribution in [1.29, 1.82) is 0 Å². The molecule has 1 aromatic carbocycles. The van der Waals surface area contributed by atoms with Gasteiger partial charge in [-0.3, -0.25) is 0 Å². The first kappa shape index (κ1) is 16.6. The lowest BCUT2D eigenvalue weighted by Gasteiger charge is -2.13. The normalized spacial score (nSPS) is 16.5. The summed E-state index contributed by atoms with van der Waals surface area (Å²) >= 11 is 0. The Kier molecular flexibility index (Phi) is 5.12. The van der Waals surface area contributed by atoms with Crippen molar-refractivity contribution in [2.75, 3.05) is 23.8 Å². The molecule has 0 bridgehead atoms. The van der Waals surface area contributed by atoms with Gasteiger partial charge in [0, 0.05) is 24.8 Å². The number of anilines is 2. The smallest absolute Gasteiger partial charge is 0.225 e. The lowest BCUT2D eigenvalue weighted by Crippen LogP contribution is -2.19. The van der Waals surface area contributed by atoms with Gasteiger partial charge in [-0.05, 0) is 25.0 Å². The largest absolute Gasteiger partial charge is 0.467 e. The van der Waals surface area contributed by atoms with Gasteiger partial charge in [0.15, 0.2) is 0 Å². The molecule has 0 aliphatic carbocycles. The summed E-state index contributed by atoms with van der Waals surface area (Å²) < 4.78 is 11.0. The average Bonchev–Trinajstić information content (AvgIpc) is 3.39. The van der Waals surface area contributed by atoms with E-state index in [2.05, 4.69) is 20.6 Å². The number of benzene rings is 1. The number of hydrogen-bond acceptors (Lipinski definition) is 6. The fourth-order valence-electron chi connectivity index (χ4n) is 2.98. The molecular weight excluding hydrogens is 328 g/mol. The van der Waals surface area contributed by atoms with Crippen LogP contribution < -0.4 is 10.6 Å². The number of rotatable bonds is 7. The first-order chi connectivity index (χ1) is 12.9. The van der Waals surface area contributed by atoms with Crippen molar-refractivity contribution in [3.05, 3.63) is 60.6 Å². The van der Waals surface area contributed by atoms with E-state index >= 15 is 0 Å². The molecule has 0 saturated carbocycles. The van der Waals surface area contributed by atoms with Crippen LogP contribution in [0.2, 0.25) is 0 Å². The summed E-state index contributed by atoms with van der Waals surface area (Å²) in [6, 6.07) is 15.9. The fraction of sp³-hybridized carbons (Fsp3) is 0.300. The Morgan fingerprint density at radius 2 is 1.96 bits per heavy atom. The second kappa shape index (κ2) is 8.01. The van der Waals surface area contributed by atoms with E-state index in [0.29, 0.717) is 12.5 Å². The number of aromatic nitrogens is 2. The maximum Gasteiger partial charge on any atom is 0.225 e. The third-order valence-electron chi connectivity index (χ3n) is 4.33. The van der Waals surface area contributed by atoms with Crippen LogP contribution in [0.5, 0.6) is 0 Å². The topological polar surface area (TPSA) is 72.2 Å². The monoisotopic (exact) mass is 350 g/mol. The van der Waals surface area contributed by atoms with Gasteiger partial charge >= 0.3 is 0 Å². The standard InChI is InChI=1S/C20H22N4O2/c1-2-6-15(7-3-1)18-12-19(21-13-16-8-4-10-25-16)24-20(23-18)22-14-17-9-5-11-26-17/h1-3,5-7,9,11-12,16H,4,8,10,13-14H2,(H2,21,22,23,24). The van der Waals surface area contributed by atoms with Crippen LogP contribution in [0.15, 0.2) is 59.2 Å². The Bertz CT molecular complexity index is 815. The van der Waals surface area contributed by atoms with Crippen LogP contribution in [-0.2, 0) is 11.3 Å². The van der Waals surface area contributed by atoms with Crippen LogP contribution in [0.3, 0.4) is 0 Å². The molecule has 134 valence electrons. The zero-order valence-corrected chi connectivity index (χ0v) is 14.5. The van der Waals surface area contributed by atoms with Gasteiger partial charge in [-0.15, -0.1) is 0 Å². The van der Waals surface area contributed by atoms with Crippen molar-refractivity contribution < 1.29 is 9.15 Å². The van der Waals surface area contributed by atoms with Gasteiger partial charge in [0.25, 0.3) is 0 Å². The molecule has 0 amide bonds. The van der Waals surface area contributed by atoms with Crippen molar-refractivity contribution >= 4 is 11.8 Å². The van der Waals surface area contributed by atoms with Gasteiger partial charge in [-0.25, -0.2) is 4.98 Å². The highest BCUT2D eigenvalue weighted by Crippen LogP contribution is 2.22. The Balaban J connectivity index is 1.54. The Hall–Kier alpha value is -2.86. The van der Waals surface area contributed by atoms with Crippen molar-refractivity contribution in [2.24, 2.45) is 0 Å². The van der Waals surface area contributed by atoms with Gasteiger partial charge in [-0.2, -0.15) is 4.98 Å². The lowest BCUT2D eigenvalue weighted by atomic mass is 10.1. The molecule has 1 aliphatic heterocycles. The highest BCUT2D eigenvalue weighted by atomic mass is 16.5. The molecule has 6 heteroatoms. The minimum atomic E-state index is 0.254. The van der Waals surface area contributed by atoms with E-state index in [1.165, 1.54) is 0 Å². The molecule has 6 nitrogen and oxygen atoms in total. The number of hydrogen-bond donors (Lipinski definition) is 2. The van der Waals surface area contributed by atoms with E-state index in [9.17, 15) is 0 Å². The molecule has 1 aliphatic rings. The summed E-state index contributed by atoms with van der Waals surface area (Å²) in [7, 11) is 0. The van der Waals surface area contributed by atoms with E-state index in [1.807, 2.05) is 48.5 Å². The number of furan rings is 1. The van der Waals surface area contributed by atoms with E-state index in [4.69, 9.17) is 9.15 Å². The number of nitrogens with one attached hydrogen (secondary N) is 2. The summed E-state index contributed by atoms with van der Waals surface area (Å²) in [6.07, 6.45) is 4.13. The van der Waals surface area contributed by atoms with Crippen LogP contribution >= 0.6 is 0 Å². The molecule has 3 heterocycles. The fourth-order valence-corrected chi connectivity index (χ4v) is 2.98. The SMILES string of the molecule is c1ccc(-c2cc(NCC3CCCO3)nc(NCc3ccco3)n2)cc1. The quantitative estimate of drug-likeness (QED) is 0.672. The first-order valence-corrected chi connectivity index (χ1v) is 8.93. The van der Waals surface area contributed by atoms with Crippen LogP contribution in [0.1, 0.15) is 18.6 Å². The van der Waals surface area contributed by atoms with Crippen LogP contribution in [0.4, 0.5) is 11.8 Å². The van der Waals surface area contributed by atoms with Crippen molar-refractivity contribution in [1.82, 2.24) is 9.97 Å². The third-order valence-corrected chi connectivity index (χ3v) is 4.33. The van der Waals surface area contributed by atoms with Gasteiger partial charge in [0.2, 0.25) is 5.95 Å². The Morgan fingerprint density at radius 3 is 2.73 bits per heavy atom. The highest BCUT2D eigenvalue weighted by molar-refractivity contribution is 5.64. The lowest BCUT2D eigenvalue weighted by molar-refractivity contribution is 0.120. The Morgan fingerprint density at radius 1 is 1.04 bits per heavy atom. The summed E-state index contributed by atoms with van der Waals surface area (Å²) in [6.45, 7) is 2.14. The summed E-state index contributed by atoms with van der Waals surface area (Å²) in [5, 5.41) is 6.63. The van der Waals surface area contributed by atoms with Gasteiger partial charge < -0.3 is 19.8 Å². The highest BCUT2D eigenvalue weighted by Gasteiger charge is 2.15. The molecule has 0 spiro atoms. The predicted molar refractivity (Wildman–Crippen MR) is 101 cm³/mol. The molecular formula is C20H22N4O2. The second-order valence-corrected chi connectivity index (χ2v) is 6.28. The first-order valence-electron chi connectivity index (χ1n) is 8.93. The maximum absolute atomic E-state index is 5.68. The van der Waals surface area contributed by atoms with Gasteiger partial charge in [0.05, 0.1) is 24.6 Å². The van der Waals surface area contributed by atoms with E-state index in [1.54, 1.807) is 6.26 Å². The van der Waals surface area contributed by atoms with Crippen molar-refractivity contribution in [2.45, 2.75) is 25.5 Å². The van der Waals surface area contributed by atoms with E-state index in [-0.39, 0.29) is 6.10 Å². The molecule has 2 aromatic heterocycles. The number of nitrogens with zero attached hydrogens (tertiary/aromatic N) is 2. The van der Waals surface area contributed by atoms with Gasteiger partial charge in [-0.1, -0.05) is 30.3 Å². The minimum Gasteiger partial charge on any atom is -0.467 e. The van der Waals surface area contributed by atoms with E-state index < -0.39 is 0 Å². The molecule has 2 N–H and O–H groups in total. The van der Waals surface area contributed by atoms with Crippen LogP contribution in [-0.4, -0.2) is 29.2 Å². The minimum absolute atomic E-state index is 0.254. The van der Waals surface area contributed by atoms with Crippen molar-refractivity contribution in [3.63, 3.8) is 0 Å². The van der Waals surface area contributed by atoms with E-state index in [0.717, 1.165) is 48.8 Å². The summed E-state index contributed by atoms with van der Waals surface area (Å²) in [4.78, 5) is 9.24. The Labute approximate surface area is 152 Å². The molecule has 1 unspecified atom stereocenters. The zero-order chi connectivity index (χ0) is 17.6. The molecule has 3 aromatic rings. The summed E-state index contributed by atoms with van der Waals surface area (Å²) in [5.74, 6) is 2.20.